The Bertz CT molecular complexity index is 640. The van der Waals surface area contributed by atoms with Gasteiger partial charge < -0.3 is 10.1 Å². The molecule has 2 aromatic rings. The Balaban J connectivity index is 2.00. The van der Waals surface area contributed by atoms with E-state index in [0.29, 0.717) is 5.56 Å². The Hall–Kier alpha value is -2.43. The lowest BCUT2D eigenvalue weighted by atomic mass is 10.0. The molecule has 0 unspecified atom stereocenters. The molecule has 1 aromatic heterocycles. The molecular weight excluding hydrogens is 242 g/mol. The zero-order valence-corrected chi connectivity index (χ0v) is 10.5. The molecule has 3 rings (SSSR count). The first-order chi connectivity index (χ1) is 9.29. The van der Waals surface area contributed by atoms with E-state index >= 15 is 0 Å². The molecule has 1 aromatic carbocycles. The molecule has 0 atom stereocenters. The maximum atomic E-state index is 12.4. The summed E-state index contributed by atoms with van der Waals surface area (Å²) in [7, 11) is 1.48. The smallest absolute Gasteiger partial charge is 0.243 e. The highest BCUT2D eigenvalue weighted by molar-refractivity contribution is 6.09. The quantitative estimate of drug-likeness (QED) is 0.845. The van der Waals surface area contributed by atoms with Gasteiger partial charge in [-0.25, -0.2) is 9.97 Å². The van der Waals surface area contributed by atoms with Crippen molar-refractivity contribution in [3.8, 4) is 5.88 Å². The molecule has 0 radical (unpaired) electrons. The molecule has 0 aliphatic carbocycles. The summed E-state index contributed by atoms with van der Waals surface area (Å²) in [4.78, 5) is 20.5. The van der Waals surface area contributed by atoms with Gasteiger partial charge in [0, 0.05) is 30.2 Å². The minimum atomic E-state index is -0.179. The van der Waals surface area contributed by atoms with Crippen LogP contribution in [-0.2, 0) is 6.42 Å². The van der Waals surface area contributed by atoms with Crippen molar-refractivity contribution in [1.29, 1.82) is 0 Å². The van der Waals surface area contributed by atoms with E-state index in [1.165, 1.54) is 25.1 Å². The highest BCUT2D eigenvalue weighted by Crippen LogP contribution is 2.25. The first kappa shape index (κ1) is 11.6. The number of benzene rings is 1. The van der Waals surface area contributed by atoms with Gasteiger partial charge in [0.2, 0.25) is 11.7 Å². The number of hydrogen-bond acceptors (Lipinski definition) is 5. The van der Waals surface area contributed by atoms with Gasteiger partial charge in [0.25, 0.3) is 0 Å². The molecule has 1 aliphatic heterocycles. The molecule has 0 saturated heterocycles. The molecule has 96 valence electrons. The van der Waals surface area contributed by atoms with E-state index in [1.54, 1.807) is 0 Å². The minimum Gasteiger partial charge on any atom is -0.479 e. The first-order valence-electron chi connectivity index (χ1n) is 6.06. The maximum absolute atomic E-state index is 12.4. The van der Waals surface area contributed by atoms with E-state index in [2.05, 4.69) is 15.3 Å². The lowest BCUT2D eigenvalue weighted by Gasteiger charge is -2.06. The molecule has 0 bridgehead atoms. The molecule has 5 nitrogen and oxygen atoms in total. The van der Waals surface area contributed by atoms with Crippen LogP contribution in [0.4, 0.5) is 5.69 Å². The molecule has 0 amide bonds. The fraction of sp³-hybridized carbons (Fsp3) is 0.214. The zero-order chi connectivity index (χ0) is 13.2. The van der Waals surface area contributed by atoms with Gasteiger partial charge in [-0.2, -0.15) is 0 Å². The Morgan fingerprint density at radius 3 is 3.00 bits per heavy atom. The number of rotatable bonds is 3. The molecule has 0 fully saturated rings. The van der Waals surface area contributed by atoms with Crippen molar-refractivity contribution in [2.24, 2.45) is 0 Å². The second kappa shape index (κ2) is 4.68. The summed E-state index contributed by atoms with van der Waals surface area (Å²) in [5, 5.41) is 3.26. The number of methoxy groups -OCH3 is 1. The van der Waals surface area contributed by atoms with Crippen molar-refractivity contribution < 1.29 is 9.53 Å². The summed E-state index contributed by atoms with van der Waals surface area (Å²) in [6.07, 6.45) is 3.99. The number of ketones is 1. The standard InChI is InChI=1S/C14H13N3O2/c1-19-14-12(16-6-7-17-14)13(18)10-3-2-9-4-5-15-11(9)8-10/h2-3,6-8,15H,4-5H2,1H3. The number of ether oxygens (including phenoxy) is 1. The number of anilines is 1. The van der Waals surface area contributed by atoms with Gasteiger partial charge in [0.1, 0.15) is 0 Å². The van der Waals surface area contributed by atoms with Crippen LogP contribution in [0.25, 0.3) is 0 Å². The number of carbonyl (C=O) groups is 1. The molecule has 1 aliphatic rings. The predicted octanol–water partition coefficient (Wildman–Crippen LogP) is 1.68. The maximum Gasteiger partial charge on any atom is 0.243 e. The van der Waals surface area contributed by atoms with Crippen LogP contribution in [0.5, 0.6) is 5.88 Å². The number of aromatic nitrogens is 2. The Morgan fingerprint density at radius 1 is 1.32 bits per heavy atom. The fourth-order valence-electron chi connectivity index (χ4n) is 2.20. The topological polar surface area (TPSA) is 64.1 Å². The predicted molar refractivity (Wildman–Crippen MR) is 70.7 cm³/mol. The molecule has 0 saturated carbocycles. The van der Waals surface area contributed by atoms with Crippen LogP contribution in [0.2, 0.25) is 0 Å². The van der Waals surface area contributed by atoms with Gasteiger partial charge in [-0.05, 0) is 18.1 Å². The summed E-state index contributed by atoms with van der Waals surface area (Å²) in [5.41, 5.74) is 3.09. The summed E-state index contributed by atoms with van der Waals surface area (Å²) in [6.45, 7) is 0.918. The van der Waals surface area contributed by atoms with E-state index in [0.717, 1.165) is 18.7 Å². The minimum absolute atomic E-state index is 0.179. The van der Waals surface area contributed by atoms with Crippen molar-refractivity contribution in [2.75, 3.05) is 19.0 Å². The molecule has 5 heteroatoms. The van der Waals surface area contributed by atoms with Crippen molar-refractivity contribution >= 4 is 11.5 Å². The zero-order valence-electron chi connectivity index (χ0n) is 10.5. The average molecular weight is 255 g/mol. The Kier molecular flexibility index (Phi) is 2.87. The van der Waals surface area contributed by atoms with Crippen LogP contribution in [0.1, 0.15) is 21.6 Å². The second-order valence-electron chi connectivity index (χ2n) is 4.29. The number of nitrogens with zero attached hydrogens (tertiary/aromatic N) is 2. The van der Waals surface area contributed by atoms with E-state index < -0.39 is 0 Å². The van der Waals surface area contributed by atoms with Gasteiger partial charge in [-0.1, -0.05) is 12.1 Å². The number of carbonyl (C=O) groups excluding carboxylic acids is 1. The normalized spacial score (nSPS) is 12.7. The monoisotopic (exact) mass is 255 g/mol. The summed E-state index contributed by atoms with van der Waals surface area (Å²) >= 11 is 0. The van der Waals surface area contributed by atoms with E-state index in [4.69, 9.17) is 4.74 Å². The van der Waals surface area contributed by atoms with Gasteiger partial charge in [-0.15, -0.1) is 0 Å². The highest BCUT2D eigenvalue weighted by atomic mass is 16.5. The second-order valence-corrected chi connectivity index (χ2v) is 4.29. The largest absolute Gasteiger partial charge is 0.479 e. The first-order valence-corrected chi connectivity index (χ1v) is 6.06. The van der Waals surface area contributed by atoms with Gasteiger partial charge in [0.05, 0.1) is 7.11 Å². The third-order valence-corrected chi connectivity index (χ3v) is 3.15. The van der Waals surface area contributed by atoms with E-state index in [1.807, 2.05) is 18.2 Å². The molecule has 1 N–H and O–H groups in total. The van der Waals surface area contributed by atoms with Crippen LogP contribution in [-0.4, -0.2) is 29.4 Å². The van der Waals surface area contributed by atoms with Crippen molar-refractivity contribution in [3.05, 3.63) is 47.4 Å². The van der Waals surface area contributed by atoms with Gasteiger partial charge in [-0.3, -0.25) is 4.79 Å². The van der Waals surface area contributed by atoms with Crippen molar-refractivity contribution in [1.82, 2.24) is 9.97 Å². The third-order valence-electron chi connectivity index (χ3n) is 3.15. The fourth-order valence-corrected chi connectivity index (χ4v) is 2.20. The Morgan fingerprint density at radius 2 is 2.16 bits per heavy atom. The lowest BCUT2D eigenvalue weighted by Crippen LogP contribution is -2.08. The summed E-state index contributed by atoms with van der Waals surface area (Å²) in [6, 6.07) is 5.66. The van der Waals surface area contributed by atoms with Crippen molar-refractivity contribution in [3.63, 3.8) is 0 Å². The molecule has 19 heavy (non-hydrogen) atoms. The van der Waals surface area contributed by atoms with Crippen molar-refractivity contribution in [2.45, 2.75) is 6.42 Å². The summed E-state index contributed by atoms with van der Waals surface area (Å²) < 4.78 is 5.07. The number of nitrogens with one attached hydrogen (secondary N) is 1. The SMILES string of the molecule is COc1nccnc1C(=O)c1ccc2c(c1)NCC2. The molecule has 2 heterocycles. The lowest BCUT2D eigenvalue weighted by molar-refractivity contribution is 0.103. The molecule has 0 spiro atoms. The summed E-state index contributed by atoms with van der Waals surface area (Å²) in [5.74, 6) is 0.0717. The van der Waals surface area contributed by atoms with Crippen LogP contribution in [0, 0.1) is 0 Å². The number of fused-ring (bicyclic) bond motifs is 1. The van der Waals surface area contributed by atoms with Gasteiger partial charge in [0.15, 0.2) is 5.69 Å². The van der Waals surface area contributed by atoms with Crippen LogP contribution in [0.3, 0.4) is 0 Å². The van der Waals surface area contributed by atoms with Crippen LogP contribution < -0.4 is 10.1 Å². The van der Waals surface area contributed by atoms with Gasteiger partial charge >= 0.3 is 0 Å². The Labute approximate surface area is 110 Å². The third kappa shape index (κ3) is 2.03. The van der Waals surface area contributed by atoms with Crippen LogP contribution in [0.15, 0.2) is 30.6 Å². The van der Waals surface area contributed by atoms with Crippen LogP contribution >= 0.6 is 0 Å². The van der Waals surface area contributed by atoms with E-state index in [9.17, 15) is 4.79 Å². The number of hydrogen-bond donors (Lipinski definition) is 1. The van der Waals surface area contributed by atoms with E-state index in [-0.39, 0.29) is 17.4 Å². The highest BCUT2D eigenvalue weighted by Gasteiger charge is 2.19. The average Bonchev–Trinajstić information content (AvgIpc) is 2.93. The molecular formula is C14H13N3O2.